The van der Waals surface area contributed by atoms with E-state index >= 15 is 0 Å². The number of anilines is 1. The van der Waals surface area contributed by atoms with E-state index in [0.717, 1.165) is 14.3 Å². The van der Waals surface area contributed by atoms with Crippen LogP contribution < -0.4 is 14.4 Å². The van der Waals surface area contributed by atoms with E-state index < -0.39 is 34.1 Å². The van der Waals surface area contributed by atoms with Crippen LogP contribution in [0, 0.1) is 0 Å². The second-order valence-corrected chi connectivity index (χ2v) is 13.4. The normalized spacial score (nSPS) is 12.4. The SMILES string of the molecule is COc1ccc(N(CC(=O)N(Cc2ccc(Br)cc2)C(C)C(=O)NC(C)(C)C)S(=O)(=O)c2ccccc2)cc1Cl. The number of rotatable bonds is 10. The Morgan fingerprint density at radius 2 is 1.65 bits per heavy atom. The van der Waals surface area contributed by atoms with E-state index in [1.54, 1.807) is 25.1 Å². The Bertz CT molecular complexity index is 1440. The zero-order chi connectivity index (χ0) is 29.7. The van der Waals surface area contributed by atoms with E-state index in [1.165, 1.54) is 42.3 Å². The van der Waals surface area contributed by atoms with Crippen molar-refractivity contribution in [2.24, 2.45) is 0 Å². The van der Waals surface area contributed by atoms with Gasteiger partial charge in [0.25, 0.3) is 10.0 Å². The Morgan fingerprint density at radius 1 is 1.02 bits per heavy atom. The van der Waals surface area contributed by atoms with Crippen LogP contribution in [0.1, 0.15) is 33.3 Å². The molecule has 214 valence electrons. The maximum absolute atomic E-state index is 14.0. The first-order valence-electron chi connectivity index (χ1n) is 12.5. The van der Waals surface area contributed by atoms with Gasteiger partial charge in [-0.3, -0.25) is 13.9 Å². The van der Waals surface area contributed by atoms with Gasteiger partial charge in [0.2, 0.25) is 11.8 Å². The van der Waals surface area contributed by atoms with Crippen LogP contribution in [0.25, 0.3) is 0 Å². The Hall–Kier alpha value is -3.08. The van der Waals surface area contributed by atoms with Crippen molar-refractivity contribution in [1.29, 1.82) is 0 Å². The minimum atomic E-state index is -4.19. The molecule has 0 aliphatic carbocycles. The average Bonchev–Trinajstić information content (AvgIpc) is 2.90. The number of benzene rings is 3. The van der Waals surface area contributed by atoms with Gasteiger partial charge in [0.05, 0.1) is 22.7 Å². The highest BCUT2D eigenvalue weighted by molar-refractivity contribution is 9.10. The number of ether oxygens (including phenoxy) is 1. The molecule has 1 N–H and O–H groups in total. The summed E-state index contributed by atoms with van der Waals surface area (Å²) in [5.41, 5.74) is 0.426. The fourth-order valence-corrected chi connectivity index (χ4v) is 5.85. The number of halogens is 2. The van der Waals surface area contributed by atoms with Gasteiger partial charge < -0.3 is 15.0 Å². The molecule has 3 aromatic carbocycles. The van der Waals surface area contributed by atoms with Crippen LogP contribution in [-0.2, 0) is 26.2 Å². The number of methoxy groups -OCH3 is 1. The molecule has 0 saturated heterocycles. The summed E-state index contributed by atoms with van der Waals surface area (Å²) in [7, 11) is -2.74. The third kappa shape index (κ3) is 7.99. The van der Waals surface area contributed by atoms with E-state index in [9.17, 15) is 18.0 Å². The first-order chi connectivity index (χ1) is 18.7. The van der Waals surface area contributed by atoms with E-state index in [2.05, 4.69) is 21.2 Å². The zero-order valence-electron chi connectivity index (χ0n) is 23.0. The lowest BCUT2D eigenvalue weighted by Gasteiger charge is -2.33. The van der Waals surface area contributed by atoms with Gasteiger partial charge in [-0.05, 0) is 75.7 Å². The number of carbonyl (C=O) groups is 2. The fraction of sp³-hybridized carbons (Fsp3) is 0.310. The molecule has 1 atom stereocenters. The smallest absolute Gasteiger partial charge is 0.264 e. The molecule has 0 saturated carbocycles. The molecular formula is C29H33BrClN3O5S. The van der Waals surface area contributed by atoms with E-state index in [1.807, 2.05) is 45.0 Å². The van der Waals surface area contributed by atoms with Gasteiger partial charge in [-0.1, -0.05) is 57.9 Å². The van der Waals surface area contributed by atoms with Gasteiger partial charge >= 0.3 is 0 Å². The molecule has 3 rings (SSSR count). The third-order valence-electron chi connectivity index (χ3n) is 5.97. The molecule has 11 heteroatoms. The van der Waals surface area contributed by atoms with Crippen molar-refractivity contribution in [1.82, 2.24) is 10.2 Å². The highest BCUT2D eigenvalue weighted by atomic mass is 79.9. The second kappa shape index (κ2) is 13.1. The molecule has 3 aromatic rings. The number of carbonyl (C=O) groups excluding carboxylic acids is 2. The zero-order valence-corrected chi connectivity index (χ0v) is 26.2. The van der Waals surface area contributed by atoms with Crippen LogP contribution in [0.15, 0.2) is 82.2 Å². The predicted molar refractivity (Wildman–Crippen MR) is 161 cm³/mol. The maximum Gasteiger partial charge on any atom is 0.264 e. The molecule has 0 heterocycles. The summed E-state index contributed by atoms with van der Waals surface area (Å²) in [5, 5.41) is 3.09. The van der Waals surface area contributed by atoms with Gasteiger partial charge in [-0.2, -0.15) is 0 Å². The minimum absolute atomic E-state index is 0.00715. The molecule has 40 heavy (non-hydrogen) atoms. The predicted octanol–water partition coefficient (Wildman–Crippen LogP) is 5.64. The Labute approximate surface area is 249 Å². The Morgan fingerprint density at radius 3 is 2.20 bits per heavy atom. The highest BCUT2D eigenvalue weighted by Crippen LogP contribution is 2.32. The van der Waals surface area contributed by atoms with Crippen molar-refractivity contribution in [3.05, 3.63) is 87.9 Å². The standard InChI is InChI=1S/C29H33BrClN3O5S/c1-20(28(36)32-29(2,3)4)33(18-21-11-13-22(30)14-12-21)27(35)19-34(23-15-16-26(39-5)25(31)17-23)40(37,38)24-9-7-6-8-10-24/h6-17,20H,18-19H2,1-5H3,(H,32,36). The molecule has 1 unspecified atom stereocenters. The van der Waals surface area contributed by atoms with Crippen molar-refractivity contribution < 1.29 is 22.7 Å². The van der Waals surface area contributed by atoms with Crippen LogP contribution >= 0.6 is 27.5 Å². The molecular weight excluding hydrogens is 618 g/mol. The van der Waals surface area contributed by atoms with Crippen molar-refractivity contribution in [3.8, 4) is 5.75 Å². The molecule has 0 bridgehead atoms. The minimum Gasteiger partial charge on any atom is -0.495 e. The lowest BCUT2D eigenvalue weighted by atomic mass is 10.1. The summed E-state index contributed by atoms with van der Waals surface area (Å²) in [6.07, 6.45) is 0. The Balaban J connectivity index is 2.06. The number of nitrogens with one attached hydrogen (secondary N) is 1. The van der Waals surface area contributed by atoms with Gasteiger partial charge in [-0.15, -0.1) is 0 Å². The number of amides is 2. The largest absolute Gasteiger partial charge is 0.495 e. The second-order valence-electron chi connectivity index (χ2n) is 10.2. The first kappa shape index (κ1) is 31.4. The number of hydrogen-bond donors (Lipinski definition) is 1. The number of nitrogens with zero attached hydrogens (tertiary/aromatic N) is 2. The van der Waals surface area contributed by atoms with Crippen LogP contribution in [0.4, 0.5) is 5.69 Å². The average molecular weight is 651 g/mol. The maximum atomic E-state index is 14.0. The molecule has 2 amide bonds. The van der Waals surface area contributed by atoms with Crippen molar-refractivity contribution in [2.45, 2.75) is 50.7 Å². The van der Waals surface area contributed by atoms with Gasteiger partial charge in [0.15, 0.2) is 0 Å². The van der Waals surface area contributed by atoms with Crippen LogP contribution in [-0.4, -0.2) is 50.4 Å². The van der Waals surface area contributed by atoms with Crippen molar-refractivity contribution >= 4 is 55.1 Å². The lowest BCUT2D eigenvalue weighted by molar-refractivity contribution is -0.140. The summed E-state index contributed by atoms with van der Waals surface area (Å²) in [5.74, 6) is -0.563. The highest BCUT2D eigenvalue weighted by Gasteiger charge is 2.33. The van der Waals surface area contributed by atoms with Gasteiger partial charge in [0, 0.05) is 16.6 Å². The first-order valence-corrected chi connectivity index (χ1v) is 15.1. The Kier molecular flexibility index (Phi) is 10.3. The molecule has 0 aliphatic heterocycles. The van der Waals surface area contributed by atoms with Gasteiger partial charge in [0.1, 0.15) is 18.3 Å². The molecule has 0 aromatic heterocycles. The summed E-state index contributed by atoms with van der Waals surface area (Å²) >= 11 is 9.75. The number of sulfonamides is 1. The third-order valence-corrected chi connectivity index (χ3v) is 8.58. The molecule has 0 aliphatic rings. The van der Waals surface area contributed by atoms with E-state index in [0.29, 0.717) is 5.75 Å². The van der Waals surface area contributed by atoms with Crippen LogP contribution in [0.3, 0.4) is 0 Å². The van der Waals surface area contributed by atoms with Crippen molar-refractivity contribution in [3.63, 3.8) is 0 Å². The molecule has 0 radical (unpaired) electrons. The quantitative estimate of drug-likeness (QED) is 0.307. The van der Waals surface area contributed by atoms with E-state index in [4.69, 9.17) is 16.3 Å². The van der Waals surface area contributed by atoms with Crippen LogP contribution in [0.5, 0.6) is 5.75 Å². The lowest BCUT2D eigenvalue weighted by Crippen LogP contribution is -2.54. The molecule has 8 nitrogen and oxygen atoms in total. The topological polar surface area (TPSA) is 96.0 Å². The summed E-state index contributed by atoms with van der Waals surface area (Å²) in [4.78, 5) is 28.5. The molecule has 0 fully saturated rings. The molecule has 0 spiro atoms. The van der Waals surface area contributed by atoms with Gasteiger partial charge in [-0.25, -0.2) is 8.42 Å². The summed E-state index contributed by atoms with van der Waals surface area (Å²) in [6.45, 7) is 6.69. The van der Waals surface area contributed by atoms with Crippen molar-refractivity contribution in [2.75, 3.05) is 18.0 Å². The summed E-state index contributed by atoms with van der Waals surface area (Å²) in [6, 6.07) is 18.8. The van der Waals surface area contributed by atoms with E-state index in [-0.39, 0.29) is 28.1 Å². The van der Waals surface area contributed by atoms with Crippen LogP contribution in [0.2, 0.25) is 5.02 Å². The number of hydrogen-bond acceptors (Lipinski definition) is 5. The fourth-order valence-electron chi connectivity index (χ4n) is 3.90. The monoisotopic (exact) mass is 649 g/mol. The summed E-state index contributed by atoms with van der Waals surface area (Å²) < 4.78 is 34.8.